The van der Waals surface area contributed by atoms with Crippen molar-refractivity contribution in [1.29, 1.82) is 0 Å². The van der Waals surface area contributed by atoms with E-state index in [2.05, 4.69) is 19.2 Å². The Morgan fingerprint density at radius 1 is 0.867 bits per heavy atom. The minimum atomic E-state index is -0.187. The molecule has 1 amide bonds. The molecule has 0 radical (unpaired) electrons. The lowest BCUT2D eigenvalue weighted by Gasteiger charge is -2.60. The fraction of sp³-hybridized carbons (Fsp3) is 0.923. The second-order valence-corrected chi connectivity index (χ2v) is 11.8. The third-order valence-corrected chi connectivity index (χ3v) is 10.5. The molecule has 0 aromatic heterocycles. The van der Waals surface area contributed by atoms with Crippen LogP contribution in [0.2, 0.25) is 0 Å². The smallest absolute Gasteiger partial charge is 0.223 e. The summed E-state index contributed by atoms with van der Waals surface area (Å²) in [4.78, 5) is 24.6. The molecule has 4 aliphatic carbocycles. The van der Waals surface area contributed by atoms with Crippen molar-refractivity contribution in [2.45, 2.75) is 116 Å². The normalized spacial score (nSPS) is 48.9. The number of fused-ring (bicyclic) bond motifs is 5. The van der Waals surface area contributed by atoms with E-state index in [0.29, 0.717) is 23.8 Å². The van der Waals surface area contributed by atoms with Crippen molar-refractivity contribution in [3.63, 3.8) is 0 Å². The molecule has 1 N–H and O–H groups in total. The number of aldehydes is 1. The summed E-state index contributed by atoms with van der Waals surface area (Å²) in [5.74, 6) is 2.67. The van der Waals surface area contributed by atoms with Gasteiger partial charge < -0.3 is 14.8 Å². The summed E-state index contributed by atoms with van der Waals surface area (Å²) >= 11 is 0. The molecule has 0 spiro atoms. The molecule has 1 saturated heterocycles. The Kier molecular flexibility index (Phi) is 5.52. The maximum Gasteiger partial charge on any atom is 0.223 e. The van der Waals surface area contributed by atoms with Crippen LogP contribution in [-0.4, -0.2) is 30.4 Å². The van der Waals surface area contributed by atoms with Gasteiger partial charge in [0.2, 0.25) is 5.91 Å². The van der Waals surface area contributed by atoms with Crippen LogP contribution in [0.4, 0.5) is 0 Å². The zero-order valence-electron chi connectivity index (χ0n) is 19.0. The van der Waals surface area contributed by atoms with E-state index in [9.17, 15) is 9.59 Å². The van der Waals surface area contributed by atoms with E-state index in [1.165, 1.54) is 57.8 Å². The molecule has 1 heterocycles. The van der Waals surface area contributed by atoms with Gasteiger partial charge in [0.15, 0.2) is 0 Å². The van der Waals surface area contributed by atoms with E-state index in [0.717, 1.165) is 37.9 Å². The summed E-state index contributed by atoms with van der Waals surface area (Å²) in [6.45, 7) is 4.89. The van der Waals surface area contributed by atoms with Crippen molar-refractivity contribution in [3.05, 3.63) is 0 Å². The summed E-state index contributed by atoms with van der Waals surface area (Å²) in [5, 5.41) is 3.46. The lowest BCUT2D eigenvalue weighted by molar-refractivity contribution is -0.195. The molecule has 0 aromatic carbocycles. The monoisotopic (exact) mass is 415 g/mol. The fourth-order valence-corrected chi connectivity index (χ4v) is 8.80. The van der Waals surface area contributed by atoms with Gasteiger partial charge in [-0.2, -0.15) is 0 Å². The largest absolute Gasteiger partial charge is 0.367 e. The minimum Gasteiger partial charge on any atom is -0.367 e. The van der Waals surface area contributed by atoms with Crippen LogP contribution in [0.15, 0.2) is 0 Å². The van der Waals surface area contributed by atoms with Gasteiger partial charge in [-0.3, -0.25) is 4.79 Å². The van der Waals surface area contributed by atoms with Crippen LogP contribution in [0.1, 0.15) is 97.3 Å². The molecule has 0 aromatic rings. The molecule has 168 valence electrons. The number of amides is 1. The summed E-state index contributed by atoms with van der Waals surface area (Å²) in [6, 6.07) is 0.421. The van der Waals surface area contributed by atoms with Crippen LogP contribution >= 0.6 is 0 Å². The van der Waals surface area contributed by atoms with E-state index in [4.69, 9.17) is 4.74 Å². The van der Waals surface area contributed by atoms with Crippen LogP contribution in [0, 0.1) is 34.5 Å². The molecular weight excluding hydrogens is 374 g/mol. The van der Waals surface area contributed by atoms with Crippen molar-refractivity contribution in [1.82, 2.24) is 5.32 Å². The Morgan fingerprint density at radius 3 is 2.37 bits per heavy atom. The third kappa shape index (κ3) is 3.27. The van der Waals surface area contributed by atoms with Crippen molar-refractivity contribution in [2.24, 2.45) is 34.5 Å². The Labute approximate surface area is 182 Å². The zero-order chi connectivity index (χ0) is 20.9. The van der Waals surface area contributed by atoms with Crippen molar-refractivity contribution in [2.75, 3.05) is 0 Å². The first-order valence-corrected chi connectivity index (χ1v) is 12.9. The van der Waals surface area contributed by atoms with E-state index in [-0.39, 0.29) is 29.0 Å². The van der Waals surface area contributed by atoms with Crippen LogP contribution < -0.4 is 5.32 Å². The van der Waals surface area contributed by atoms with Crippen molar-refractivity contribution in [3.8, 4) is 0 Å². The molecule has 8 atom stereocenters. The highest BCUT2D eigenvalue weighted by atomic mass is 16.5. The second-order valence-electron chi connectivity index (χ2n) is 11.8. The quantitative estimate of drug-likeness (QED) is 0.657. The first-order chi connectivity index (χ1) is 14.5. The number of hydrogen-bond donors (Lipinski definition) is 1. The Hall–Kier alpha value is -0.900. The zero-order valence-corrected chi connectivity index (χ0v) is 19.0. The molecule has 4 nitrogen and oxygen atoms in total. The summed E-state index contributed by atoms with van der Waals surface area (Å²) in [6.07, 6.45) is 16.3. The SMILES string of the molecule is C[C@]12CC[C@H]3[C@@H](CCC4OC(C=O)CC[C@@]43C)[C@@H]1CC[C@@H]2C(=O)NC1CCCCC1. The molecular formula is C26H41NO3. The number of rotatable bonds is 3. The molecule has 5 aliphatic rings. The van der Waals surface area contributed by atoms with Gasteiger partial charge in [-0.15, -0.1) is 0 Å². The van der Waals surface area contributed by atoms with Gasteiger partial charge in [0, 0.05) is 12.0 Å². The number of carbonyl (C=O) groups excluding carboxylic acids is 2. The summed E-state index contributed by atoms with van der Waals surface area (Å²) < 4.78 is 6.24. The highest BCUT2D eigenvalue weighted by Crippen LogP contribution is 2.66. The fourth-order valence-electron chi connectivity index (χ4n) is 8.80. The second kappa shape index (κ2) is 7.90. The topological polar surface area (TPSA) is 55.4 Å². The standard InChI is InChI=1S/C26H41NO3/c1-25-15-13-21-19(8-11-23-26(21,2)14-12-18(16-28)30-23)20(25)9-10-22(25)24(29)27-17-6-4-3-5-7-17/h16-23H,3-15H2,1-2H3,(H,27,29)/t18?,19-,20-,21-,22+,23?,25-,26+/m0/s1. The van der Waals surface area contributed by atoms with Crippen LogP contribution in [0.3, 0.4) is 0 Å². The van der Waals surface area contributed by atoms with Crippen LogP contribution in [0.25, 0.3) is 0 Å². The Morgan fingerprint density at radius 2 is 1.60 bits per heavy atom. The van der Waals surface area contributed by atoms with E-state index in [1.807, 2.05) is 0 Å². The average molecular weight is 416 g/mol. The maximum atomic E-state index is 13.3. The molecule has 4 heteroatoms. The lowest BCUT2D eigenvalue weighted by Crippen LogP contribution is -2.57. The maximum absolute atomic E-state index is 13.3. The van der Waals surface area contributed by atoms with Crippen molar-refractivity contribution >= 4 is 12.2 Å². The predicted octanol–water partition coefficient (Wildman–Crippen LogP) is 5.04. The molecule has 5 rings (SSSR count). The first kappa shape index (κ1) is 21.0. The molecule has 30 heavy (non-hydrogen) atoms. The molecule has 0 bridgehead atoms. The summed E-state index contributed by atoms with van der Waals surface area (Å²) in [5.41, 5.74) is 0.385. The molecule has 2 unspecified atom stereocenters. The van der Waals surface area contributed by atoms with E-state index < -0.39 is 0 Å². The molecule has 1 aliphatic heterocycles. The van der Waals surface area contributed by atoms with Crippen LogP contribution in [0.5, 0.6) is 0 Å². The highest BCUT2D eigenvalue weighted by molar-refractivity contribution is 5.80. The predicted molar refractivity (Wildman–Crippen MR) is 117 cm³/mol. The first-order valence-electron chi connectivity index (χ1n) is 12.9. The van der Waals surface area contributed by atoms with Gasteiger partial charge >= 0.3 is 0 Å². The average Bonchev–Trinajstić information content (AvgIpc) is 3.11. The lowest BCUT2D eigenvalue weighted by atomic mass is 9.47. The third-order valence-electron chi connectivity index (χ3n) is 10.5. The number of carbonyl (C=O) groups is 2. The van der Waals surface area contributed by atoms with Gasteiger partial charge in [0.1, 0.15) is 12.4 Å². The van der Waals surface area contributed by atoms with Gasteiger partial charge in [-0.25, -0.2) is 0 Å². The van der Waals surface area contributed by atoms with Crippen molar-refractivity contribution < 1.29 is 14.3 Å². The number of nitrogens with one attached hydrogen (secondary N) is 1. The molecule has 4 saturated carbocycles. The highest BCUT2D eigenvalue weighted by Gasteiger charge is 2.61. The minimum absolute atomic E-state index is 0.171. The van der Waals surface area contributed by atoms with Gasteiger partial charge in [-0.1, -0.05) is 33.1 Å². The Balaban J connectivity index is 1.30. The van der Waals surface area contributed by atoms with Gasteiger partial charge in [-0.05, 0) is 92.8 Å². The van der Waals surface area contributed by atoms with E-state index >= 15 is 0 Å². The number of hydrogen-bond acceptors (Lipinski definition) is 3. The summed E-state index contributed by atoms with van der Waals surface area (Å²) in [7, 11) is 0. The Bertz CT molecular complexity index is 673. The van der Waals surface area contributed by atoms with Gasteiger partial charge in [0.05, 0.1) is 6.10 Å². The molecule has 5 fully saturated rings. The van der Waals surface area contributed by atoms with Gasteiger partial charge in [0.25, 0.3) is 0 Å². The van der Waals surface area contributed by atoms with E-state index in [1.54, 1.807) is 0 Å². The number of ether oxygens (including phenoxy) is 1. The van der Waals surface area contributed by atoms with Crippen LogP contribution in [-0.2, 0) is 14.3 Å².